The molecule has 0 atom stereocenters. The first kappa shape index (κ1) is 40.7. The Labute approximate surface area is 309 Å². The van der Waals surface area contributed by atoms with E-state index in [1.165, 1.54) is 28.4 Å². The van der Waals surface area contributed by atoms with Gasteiger partial charge in [0.2, 0.25) is 0 Å². The average Bonchev–Trinajstić information content (AvgIpc) is 3.16. The number of esters is 4. The first-order chi connectivity index (χ1) is 25.3. The maximum absolute atomic E-state index is 14.0. The maximum atomic E-state index is 14.0. The molecule has 0 spiro atoms. The van der Waals surface area contributed by atoms with Crippen molar-refractivity contribution in [3.8, 4) is 22.6 Å². The molecule has 286 valence electrons. The van der Waals surface area contributed by atoms with E-state index in [-0.39, 0.29) is 22.3 Å². The van der Waals surface area contributed by atoms with E-state index in [2.05, 4.69) is 0 Å². The Morgan fingerprint density at radius 3 is 0.769 bits per heavy atom. The van der Waals surface area contributed by atoms with Crippen LogP contribution in [0.5, 0.6) is 11.5 Å². The topological polar surface area (TPSA) is 124 Å². The second-order valence-corrected chi connectivity index (χ2v) is 13.9. The molecule has 0 N–H and O–H groups in total. The summed E-state index contributed by atoms with van der Waals surface area (Å²) in [5.41, 5.74) is 3.94. The lowest BCUT2D eigenvalue weighted by atomic mass is 9.77. The highest BCUT2D eigenvalue weighted by molar-refractivity contribution is 6.11. The number of carbonyl (C=O) groups excluding carboxylic acids is 4. The molecule has 0 heterocycles. The number of hydrogen-bond acceptors (Lipinski definition) is 10. The first-order valence-electron chi connectivity index (χ1n) is 19.2. The van der Waals surface area contributed by atoms with Gasteiger partial charge in [0.15, 0.2) is 0 Å². The molecule has 4 aliphatic carbocycles. The molecule has 0 aromatic heterocycles. The van der Waals surface area contributed by atoms with Crippen LogP contribution in [-0.4, -0.2) is 66.5 Å². The highest BCUT2D eigenvalue weighted by Gasteiger charge is 2.38. The highest BCUT2D eigenvalue weighted by atomic mass is 16.5. The van der Waals surface area contributed by atoms with E-state index in [4.69, 9.17) is 28.4 Å². The molecule has 0 fully saturated rings. The van der Waals surface area contributed by atoms with Gasteiger partial charge in [0.1, 0.15) is 11.5 Å². The molecule has 10 heteroatoms. The van der Waals surface area contributed by atoms with E-state index >= 15 is 0 Å². The lowest BCUT2D eigenvalue weighted by molar-refractivity contribution is 0.0552. The minimum Gasteiger partial charge on any atom is -0.496 e. The van der Waals surface area contributed by atoms with Crippen LogP contribution in [0.3, 0.4) is 0 Å². The van der Waals surface area contributed by atoms with Crippen molar-refractivity contribution in [2.45, 2.75) is 128 Å². The third-order valence-electron chi connectivity index (χ3n) is 10.7. The van der Waals surface area contributed by atoms with Crippen LogP contribution in [0.1, 0.15) is 166 Å². The Morgan fingerprint density at radius 2 is 0.538 bits per heavy atom. The number of rotatable bonds is 7. The molecule has 2 aromatic rings. The number of carbonyl (C=O) groups is 4. The van der Waals surface area contributed by atoms with Gasteiger partial charge in [-0.25, -0.2) is 19.2 Å². The van der Waals surface area contributed by atoms with E-state index < -0.39 is 23.9 Å². The van der Waals surface area contributed by atoms with Gasteiger partial charge >= 0.3 is 23.9 Å². The number of fused-ring (bicyclic) bond motifs is 23. The number of benzene rings is 2. The van der Waals surface area contributed by atoms with Gasteiger partial charge in [-0.15, -0.1) is 0 Å². The SMILES string of the molecule is COC(=O)c1c2c(OC)c(-c3c4c(C(=O)OC)c(C(=O)OC)c(c3OC)CCCCCCCCCC4)c(c1C(=O)OC)CCCCCCCCCC2. The van der Waals surface area contributed by atoms with Gasteiger partial charge in [0, 0.05) is 22.3 Å². The molecular formula is C42H58O10. The molecule has 0 aliphatic heterocycles. The Kier molecular flexibility index (Phi) is 15.8. The van der Waals surface area contributed by atoms with Gasteiger partial charge < -0.3 is 28.4 Å². The second kappa shape index (κ2) is 20.2. The summed E-state index contributed by atoms with van der Waals surface area (Å²) in [7, 11) is 8.37. The van der Waals surface area contributed by atoms with E-state index in [1.54, 1.807) is 14.2 Å². The Hall–Kier alpha value is -4.08. The standard InChI is InChI=1S/C42H58O10/c1-47-37-29-25-21-17-13-9-7-11-15-19-23-27(33(39(43)49-3)35(29)41(45)51-5)31(37)32-28-24-20-16-12-8-10-14-18-22-26-30(38(32)48-2)36(42(46)52-6)34(28)40(44)50-4/h7-26H2,1-6H3. The van der Waals surface area contributed by atoms with Crippen molar-refractivity contribution >= 4 is 23.9 Å². The van der Waals surface area contributed by atoms with Crippen molar-refractivity contribution in [3.05, 3.63) is 44.5 Å². The quantitative estimate of drug-likeness (QED) is 0.202. The number of ether oxygens (including phenoxy) is 6. The predicted octanol–water partition coefficient (Wildman–Crippen LogP) is 8.96. The zero-order valence-electron chi connectivity index (χ0n) is 32.2. The minimum absolute atomic E-state index is 0.137. The third kappa shape index (κ3) is 8.92. The minimum atomic E-state index is -0.657. The molecule has 4 bridgehead atoms. The van der Waals surface area contributed by atoms with Crippen LogP contribution in [0.4, 0.5) is 0 Å². The summed E-state index contributed by atoms with van der Waals surface area (Å²) in [6.45, 7) is 0. The van der Waals surface area contributed by atoms with Gasteiger partial charge in [0.25, 0.3) is 0 Å². The molecule has 10 nitrogen and oxygen atoms in total. The van der Waals surface area contributed by atoms with Crippen molar-refractivity contribution in [1.82, 2.24) is 0 Å². The molecule has 0 amide bonds. The number of methoxy groups -OCH3 is 6. The Morgan fingerprint density at radius 1 is 0.327 bits per heavy atom. The molecule has 2 aromatic carbocycles. The fraction of sp³-hybridized carbons (Fsp3) is 0.619. The molecule has 6 rings (SSSR count). The molecule has 0 saturated carbocycles. The highest BCUT2D eigenvalue weighted by Crippen LogP contribution is 2.51. The predicted molar refractivity (Wildman–Crippen MR) is 199 cm³/mol. The molecule has 0 unspecified atom stereocenters. The van der Waals surface area contributed by atoms with E-state index in [9.17, 15) is 19.2 Å². The lowest BCUT2D eigenvalue weighted by Crippen LogP contribution is -2.22. The summed E-state index contributed by atoms with van der Waals surface area (Å²) in [5, 5.41) is 0. The fourth-order valence-corrected chi connectivity index (χ4v) is 8.25. The second-order valence-electron chi connectivity index (χ2n) is 13.9. The van der Waals surface area contributed by atoms with Crippen molar-refractivity contribution < 1.29 is 47.6 Å². The molecule has 0 saturated heterocycles. The van der Waals surface area contributed by atoms with E-state index in [1.807, 2.05) is 0 Å². The van der Waals surface area contributed by atoms with Crippen LogP contribution >= 0.6 is 0 Å². The molecule has 0 radical (unpaired) electrons. The van der Waals surface area contributed by atoms with Gasteiger partial charge in [-0.2, -0.15) is 0 Å². The largest absolute Gasteiger partial charge is 0.496 e. The van der Waals surface area contributed by atoms with Crippen molar-refractivity contribution in [3.63, 3.8) is 0 Å². The Balaban J connectivity index is 2.33. The number of hydrogen-bond donors (Lipinski definition) is 0. The van der Waals surface area contributed by atoms with Crippen LogP contribution in [-0.2, 0) is 44.6 Å². The summed E-state index contributed by atoms with van der Waals surface area (Å²) in [6, 6.07) is 0. The van der Waals surface area contributed by atoms with Crippen molar-refractivity contribution in [2.75, 3.05) is 42.7 Å². The van der Waals surface area contributed by atoms with Gasteiger partial charge in [-0.1, -0.05) is 77.0 Å². The Bertz CT molecular complexity index is 1470. The van der Waals surface area contributed by atoms with Crippen molar-refractivity contribution in [1.29, 1.82) is 0 Å². The monoisotopic (exact) mass is 722 g/mol. The summed E-state index contributed by atoms with van der Waals surface area (Å²) >= 11 is 0. The van der Waals surface area contributed by atoms with Gasteiger partial charge in [-0.05, 0) is 62.5 Å². The summed E-state index contributed by atoms with van der Waals surface area (Å²) in [6.07, 6.45) is 17.2. The third-order valence-corrected chi connectivity index (χ3v) is 10.7. The summed E-state index contributed by atoms with van der Waals surface area (Å²) < 4.78 is 34.3. The van der Waals surface area contributed by atoms with Crippen LogP contribution in [0.15, 0.2) is 0 Å². The van der Waals surface area contributed by atoms with Crippen LogP contribution in [0.2, 0.25) is 0 Å². The lowest BCUT2D eigenvalue weighted by Gasteiger charge is -2.29. The average molecular weight is 723 g/mol. The fourth-order valence-electron chi connectivity index (χ4n) is 8.25. The van der Waals surface area contributed by atoms with Crippen LogP contribution < -0.4 is 9.47 Å². The summed E-state index contributed by atoms with van der Waals surface area (Å²) in [5.74, 6) is -1.76. The van der Waals surface area contributed by atoms with Crippen molar-refractivity contribution in [2.24, 2.45) is 0 Å². The molecular weight excluding hydrogens is 664 g/mol. The summed E-state index contributed by atoms with van der Waals surface area (Å²) in [4.78, 5) is 55.7. The van der Waals surface area contributed by atoms with Crippen LogP contribution in [0, 0.1) is 0 Å². The van der Waals surface area contributed by atoms with E-state index in [0.29, 0.717) is 70.6 Å². The van der Waals surface area contributed by atoms with Gasteiger partial charge in [-0.3, -0.25) is 0 Å². The zero-order valence-corrected chi connectivity index (χ0v) is 32.2. The normalized spacial score (nSPS) is 16.2. The molecule has 4 aliphatic rings. The van der Waals surface area contributed by atoms with E-state index in [0.717, 1.165) is 103 Å². The maximum Gasteiger partial charge on any atom is 0.339 e. The first-order valence-corrected chi connectivity index (χ1v) is 19.2. The van der Waals surface area contributed by atoms with Gasteiger partial charge in [0.05, 0.1) is 64.9 Å². The van der Waals surface area contributed by atoms with Crippen LogP contribution in [0.25, 0.3) is 11.1 Å². The smallest absolute Gasteiger partial charge is 0.339 e. The zero-order chi connectivity index (χ0) is 37.6. The molecule has 52 heavy (non-hydrogen) atoms.